The number of nitrogens with zero attached hydrogens (tertiary/aromatic N) is 2. The van der Waals surface area contributed by atoms with Crippen molar-refractivity contribution in [3.05, 3.63) is 95.8 Å². The number of halogens is 1. The number of hydrogen-bond donors (Lipinski definition) is 1. The summed E-state index contributed by atoms with van der Waals surface area (Å²) in [5.74, 6) is -1.08. The van der Waals surface area contributed by atoms with Gasteiger partial charge >= 0.3 is 0 Å². The molecule has 7 nitrogen and oxygen atoms in total. The van der Waals surface area contributed by atoms with E-state index in [-0.39, 0.29) is 23.3 Å². The topological polar surface area (TPSA) is 86.8 Å². The van der Waals surface area contributed by atoms with Crippen LogP contribution in [-0.4, -0.2) is 44.3 Å². The molecule has 1 N–H and O–H groups in total. The van der Waals surface area contributed by atoms with Crippen molar-refractivity contribution < 1.29 is 22.4 Å². The maximum atomic E-state index is 14.0. The molecule has 3 aromatic rings. The first-order valence-corrected chi connectivity index (χ1v) is 14.4. The predicted molar refractivity (Wildman–Crippen MR) is 151 cm³/mol. The summed E-state index contributed by atoms with van der Waals surface area (Å²) in [6, 6.07) is 19.6. The van der Waals surface area contributed by atoms with E-state index >= 15 is 0 Å². The van der Waals surface area contributed by atoms with Gasteiger partial charge in [0.1, 0.15) is 18.4 Å². The van der Waals surface area contributed by atoms with Gasteiger partial charge in [0.2, 0.25) is 11.8 Å². The van der Waals surface area contributed by atoms with E-state index in [1.165, 1.54) is 29.2 Å². The van der Waals surface area contributed by atoms with Crippen molar-refractivity contribution in [1.29, 1.82) is 0 Å². The van der Waals surface area contributed by atoms with Crippen LogP contribution in [0.5, 0.6) is 0 Å². The van der Waals surface area contributed by atoms with E-state index in [1.54, 1.807) is 61.5 Å². The number of aryl methyl sites for hydroxylation is 1. The Bertz CT molecular complexity index is 1350. The van der Waals surface area contributed by atoms with E-state index in [2.05, 4.69) is 5.32 Å². The van der Waals surface area contributed by atoms with Crippen LogP contribution in [0.1, 0.15) is 38.3 Å². The highest BCUT2D eigenvalue weighted by Gasteiger charge is 2.33. The molecule has 9 heteroatoms. The molecule has 39 heavy (non-hydrogen) atoms. The lowest BCUT2D eigenvalue weighted by atomic mass is 10.1. The van der Waals surface area contributed by atoms with Gasteiger partial charge in [-0.15, -0.1) is 0 Å². The molecule has 0 bridgehead atoms. The summed E-state index contributed by atoms with van der Waals surface area (Å²) in [5, 5.41) is 2.89. The average Bonchev–Trinajstić information content (AvgIpc) is 2.92. The van der Waals surface area contributed by atoms with Crippen LogP contribution in [0.4, 0.5) is 10.1 Å². The van der Waals surface area contributed by atoms with Gasteiger partial charge < -0.3 is 10.2 Å². The minimum absolute atomic E-state index is 0.0137. The summed E-state index contributed by atoms with van der Waals surface area (Å²) in [4.78, 5) is 28.6. The van der Waals surface area contributed by atoms with Gasteiger partial charge in [0.15, 0.2) is 0 Å². The van der Waals surface area contributed by atoms with Gasteiger partial charge in [0, 0.05) is 13.1 Å². The molecule has 0 aliphatic heterocycles. The molecule has 0 fully saturated rings. The highest BCUT2D eigenvalue weighted by Crippen LogP contribution is 2.25. The second-order valence-electron chi connectivity index (χ2n) is 9.87. The highest BCUT2D eigenvalue weighted by atomic mass is 32.2. The largest absolute Gasteiger partial charge is 0.354 e. The minimum atomic E-state index is -4.11. The van der Waals surface area contributed by atoms with Crippen molar-refractivity contribution in [2.45, 2.75) is 51.6 Å². The zero-order chi connectivity index (χ0) is 28.6. The van der Waals surface area contributed by atoms with Gasteiger partial charge in [0.25, 0.3) is 10.0 Å². The average molecular weight is 554 g/mol. The van der Waals surface area contributed by atoms with Crippen molar-refractivity contribution in [3.63, 3.8) is 0 Å². The quantitative estimate of drug-likeness (QED) is 0.345. The van der Waals surface area contributed by atoms with Crippen LogP contribution in [-0.2, 0) is 26.2 Å². The molecule has 208 valence electrons. The van der Waals surface area contributed by atoms with Gasteiger partial charge in [-0.05, 0) is 61.2 Å². The molecule has 0 spiro atoms. The summed E-state index contributed by atoms with van der Waals surface area (Å²) in [6.07, 6.45) is 0.312. The van der Waals surface area contributed by atoms with E-state index in [1.807, 2.05) is 20.8 Å². The molecule has 3 rings (SSSR count). The summed E-state index contributed by atoms with van der Waals surface area (Å²) < 4.78 is 42.2. The van der Waals surface area contributed by atoms with Crippen molar-refractivity contribution in [1.82, 2.24) is 10.2 Å². The highest BCUT2D eigenvalue weighted by molar-refractivity contribution is 7.92. The number of hydrogen-bond acceptors (Lipinski definition) is 4. The lowest BCUT2D eigenvalue weighted by molar-refractivity contribution is -0.140. The third-order valence-electron chi connectivity index (χ3n) is 6.27. The molecule has 3 aromatic carbocycles. The third-order valence-corrected chi connectivity index (χ3v) is 8.06. The predicted octanol–water partition coefficient (Wildman–Crippen LogP) is 4.91. The Kier molecular flexibility index (Phi) is 10.2. The number of sulfonamides is 1. The molecule has 0 aliphatic rings. The Hall–Kier alpha value is -3.72. The van der Waals surface area contributed by atoms with Gasteiger partial charge in [-0.2, -0.15) is 0 Å². The van der Waals surface area contributed by atoms with Gasteiger partial charge in [-0.1, -0.05) is 68.8 Å². The fourth-order valence-electron chi connectivity index (χ4n) is 4.09. The molecule has 0 aromatic heterocycles. The Morgan fingerprint density at radius 2 is 1.54 bits per heavy atom. The van der Waals surface area contributed by atoms with Gasteiger partial charge in [-0.3, -0.25) is 13.9 Å². The molecule has 2 amide bonds. The van der Waals surface area contributed by atoms with Crippen molar-refractivity contribution in [2.24, 2.45) is 5.92 Å². The zero-order valence-electron chi connectivity index (χ0n) is 22.8. The van der Waals surface area contributed by atoms with E-state index in [0.717, 1.165) is 9.87 Å². The standard InChI is InChI=1S/C30H36FN3O4S/c1-5-28(30(36)32-19-22(2)3)33(20-24-13-15-25(31)16-14-24)29(35)21-34(26-17-11-23(4)12-18-26)39(37,38)27-9-7-6-8-10-27/h6-18,22,28H,5,19-21H2,1-4H3,(H,32,36). The Labute approximate surface area is 230 Å². The van der Waals surface area contributed by atoms with Crippen LogP contribution in [0.2, 0.25) is 0 Å². The maximum absolute atomic E-state index is 14.0. The lowest BCUT2D eigenvalue weighted by Gasteiger charge is -2.33. The van der Waals surface area contributed by atoms with Gasteiger partial charge in [0.05, 0.1) is 10.6 Å². The summed E-state index contributed by atoms with van der Waals surface area (Å²) in [6.45, 7) is 7.55. The number of nitrogens with one attached hydrogen (secondary N) is 1. The summed E-state index contributed by atoms with van der Waals surface area (Å²) in [5.41, 5.74) is 1.89. The Morgan fingerprint density at radius 1 is 0.923 bits per heavy atom. The van der Waals surface area contributed by atoms with Crippen LogP contribution in [0.25, 0.3) is 0 Å². The number of anilines is 1. The fraction of sp³-hybridized carbons (Fsp3) is 0.333. The number of amides is 2. The fourth-order valence-corrected chi connectivity index (χ4v) is 5.52. The number of benzene rings is 3. The number of rotatable bonds is 12. The first kappa shape index (κ1) is 29.8. The lowest BCUT2D eigenvalue weighted by Crippen LogP contribution is -2.52. The zero-order valence-corrected chi connectivity index (χ0v) is 23.6. The monoisotopic (exact) mass is 553 g/mol. The second-order valence-corrected chi connectivity index (χ2v) is 11.7. The molecule has 1 unspecified atom stereocenters. The first-order valence-electron chi connectivity index (χ1n) is 13.0. The maximum Gasteiger partial charge on any atom is 0.264 e. The van der Waals surface area contributed by atoms with Crippen molar-refractivity contribution in [3.8, 4) is 0 Å². The first-order chi connectivity index (χ1) is 18.5. The smallest absolute Gasteiger partial charge is 0.264 e. The molecule has 0 heterocycles. The van der Waals surface area contributed by atoms with Crippen LogP contribution < -0.4 is 9.62 Å². The summed E-state index contributed by atoms with van der Waals surface area (Å²) >= 11 is 0. The molecule has 0 aliphatic carbocycles. The number of carbonyl (C=O) groups is 2. The Morgan fingerprint density at radius 3 is 2.10 bits per heavy atom. The molecule has 0 radical (unpaired) electrons. The van der Waals surface area contributed by atoms with E-state index in [9.17, 15) is 22.4 Å². The van der Waals surface area contributed by atoms with Crippen molar-refractivity contribution >= 4 is 27.5 Å². The molecular formula is C30H36FN3O4S. The molecule has 1 atom stereocenters. The van der Waals surface area contributed by atoms with Crippen LogP contribution in [0, 0.1) is 18.7 Å². The molecule has 0 saturated heterocycles. The van der Waals surface area contributed by atoms with E-state index in [0.29, 0.717) is 24.2 Å². The Balaban J connectivity index is 2.02. The SMILES string of the molecule is CCC(C(=O)NCC(C)C)N(Cc1ccc(F)cc1)C(=O)CN(c1ccc(C)cc1)S(=O)(=O)c1ccccc1. The molecule has 0 saturated carbocycles. The van der Waals surface area contributed by atoms with Crippen LogP contribution >= 0.6 is 0 Å². The minimum Gasteiger partial charge on any atom is -0.354 e. The van der Waals surface area contributed by atoms with Gasteiger partial charge in [-0.25, -0.2) is 12.8 Å². The second kappa shape index (κ2) is 13.4. The van der Waals surface area contributed by atoms with Crippen LogP contribution in [0.3, 0.4) is 0 Å². The third kappa shape index (κ3) is 7.89. The van der Waals surface area contributed by atoms with E-state index in [4.69, 9.17) is 0 Å². The van der Waals surface area contributed by atoms with Crippen LogP contribution in [0.15, 0.2) is 83.8 Å². The molecular weight excluding hydrogens is 517 g/mol. The van der Waals surface area contributed by atoms with Crippen molar-refractivity contribution in [2.75, 3.05) is 17.4 Å². The normalized spacial score (nSPS) is 12.2. The number of carbonyl (C=O) groups excluding carboxylic acids is 2. The van der Waals surface area contributed by atoms with E-state index < -0.39 is 34.3 Å². The summed E-state index contributed by atoms with van der Waals surface area (Å²) in [7, 11) is -4.11.